The molecule has 12 nitrogen and oxygen atoms in total. The molecule has 3 heterocycles. The third kappa shape index (κ3) is 3.86. The number of fused-ring (bicyclic) bond motifs is 1. The molecule has 12 heteroatoms. The van der Waals surface area contributed by atoms with Crippen LogP contribution in [0.2, 0.25) is 0 Å². The SMILES string of the molecule is CC(=O)OC[C@H]1O[C@@H](n2cnc3nc[nH]c(=O)c32)[C@@H](OC(C)=O)[C@@H]1OC(C)=O. The van der Waals surface area contributed by atoms with Crippen molar-refractivity contribution < 1.29 is 33.3 Å². The van der Waals surface area contributed by atoms with Crippen LogP contribution in [0.15, 0.2) is 17.4 Å². The Morgan fingerprint density at radius 2 is 1.79 bits per heavy atom. The van der Waals surface area contributed by atoms with Crippen LogP contribution >= 0.6 is 0 Å². The summed E-state index contributed by atoms with van der Waals surface area (Å²) in [7, 11) is 0. The van der Waals surface area contributed by atoms with Crippen LogP contribution in [-0.2, 0) is 33.3 Å². The van der Waals surface area contributed by atoms with Crippen molar-refractivity contribution in [2.75, 3.05) is 6.61 Å². The molecule has 0 bridgehead atoms. The van der Waals surface area contributed by atoms with Gasteiger partial charge in [-0.1, -0.05) is 0 Å². The first-order valence-electron chi connectivity index (χ1n) is 8.31. The molecule has 0 unspecified atom stereocenters. The van der Waals surface area contributed by atoms with Gasteiger partial charge in [-0.15, -0.1) is 0 Å². The van der Waals surface area contributed by atoms with Gasteiger partial charge >= 0.3 is 17.9 Å². The Morgan fingerprint density at radius 3 is 2.43 bits per heavy atom. The van der Waals surface area contributed by atoms with Crippen LogP contribution in [0, 0.1) is 0 Å². The van der Waals surface area contributed by atoms with Crippen LogP contribution in [0.1, 0.15) is 27.0 Å². The summed E-state index contributed by atoms with van der Waals surface area (Å²) in [4.78, 5) is 57.0. The predicted molar refractivity (Wildman–Crippen MR) is 89.8 cm³/mol. The number of nitrogens with zero attached hydrogens (tertiary/aromatic N) is 3. The van der Waals surface area contributed by atoms with Gasteiger partial charge in [-0.25, -0.2) is 9.97 Å². The molecule has 2 aromatic rings. The fourth-order valence-corrected chi connectivity index (χ4v) is 2.99. The lowest BCUT2D eigenvalue weighted by Crippen LogP contribution is -2.40. The standard InChI is InChI=1S/C16H18N4O8/c1-7(21)25-4-10-12(26-8(2)22)13(27-9(3)23)16(28-10)20-6-19-14-11(20)15(24)18-5-17-14/h5-6,10,12-13,16H,4H2,1-3H3,(H,17,18,24)/t10-,12-,13+,16-/m1/s1. The maximum absolute atomic E-state index is 12.2. The van der Waals surface area contributed by atoms with Crippen LogP contribution in [0.4, 0.5) is 0 Å². The number of aromatic amines is 1. The molecule has 1 N–H and O–H groups in total. The van der Waals surface area contributed by atoms with Gasteiger partial charge in [-0.05, 0) is 0 Å². The maximum Gasteiger partial charge on any atom is 0.303 e. The number of hydrogen-bond acceptors (Lipinski definition) is 10. The maximum atomic E-state index is 12.2. The average Bonchev–Trinajstić information content (AvgIpc) is 3.16. The van der Waals surface area contributed by atoms with Gasteiger partial charge in [0, 0.05) is 20.8 Å². The summed E-state index contributed by atoms with van der Waals surface area (Å²) in [5.41, 5.74) is -0.249. The van der Waals surface area contributed by atoms with Gasteiger partial charge in [0.15, 0.2) is 29.6 Å². The van der Waals surface area contributed by atoms with Gasteiger partial charge in [0.25, 0.3) is 5.56 Å². The molecule has 1 saturated heterocycles. The number of aromatic nitrogens is 4. The molecule has 0 aromatic carbocycles. The van der Waals surface area contributed by atoms with E-state index in [1.807, 2.05) is 0 Å². The van der Waals surface area contributed by atoms with E-state index >= 15 is 0 Å². The molecule has 0 spiro atoms. The zero-order valence-corrected chi connectivity index (χ0v) is 15.3. The van der Waals surface area contributed by atoms with Crippen LogP contribution in [0.5, 0.6) is 0 Å². The number of ether oxygens (including phenoxy) is 4. The Balaban J connectivity index is 2.03. The highest BCUT2D eigenvalue weighted by molar-refractivity contribution is 5.70. The number of hydrogen-bond donors (Lipinski definition) is 1. The number of carbonyl (C=O) groups is 3. The molecule has 3 rings (SSSR count). The molecule has 1 aliphatic rings. The monoisotopic (exact) mass is 394 g/mol. The highest BCUT2D eigenvalue weighted by atomic mass is 16.7. The molecule has 28 heavy (non-hydrogen) atoms. The highest BCUT2D eigenvalue weighted by Gasteiger charge is 2.51. The van der Waals surface area contributed by atoms with E-state index in [0.717, 1.165) is 0 Å². The van der Waals surface area contributed by atoms with Crippen molar-refractivity contribution in [1.82, 2.24) is 19.5 Å². The number of carbonyl (C=O) groups excluding carboxylic acids is 3. The Hall–Kier alpha value is -3.28. The first-order valence-corrected chi connectivity index (χ1v) is 8.31. The molecule has 1 aliphatic heterocycles. The average molecular weight is 394 g/mol. The number of rotatable bonds is 5. The molecule has 1 fully saturated rings. The minimum Gasteiger partial charge on any atom is -0.463 e. The number of nitrogens with one attached hydrogen (secondary N) is 1. The lowest BCUT2D eigenvalue weighted by molar-refractivity contribution is -0.166. The van der Waals surface area contributed by atoms with E-state index in [9.17, 15) is 19.2 Å². The fraction of sp³-hybridized carbons (Fsp3) is 0.500. The van der Waals surface area contributed by atoms with Crippen molar-refractivity contribution >= 4 is 29.1 Å². The second-order valence-electron chi connectivity index (χ2n) is 6.07. The molecule has 0 radical (unpaired) electrons. The number of imidazole rings is 1. The normalized spacial score (nSPS) is 24.1. The largest absolute Gasteiger partial charge is 0.463 e. The van der Waals surface area contributed by atoms with Crippen molar-refractivity contribution in [3.8, 4) is 0 Å². The Bertz CT molecular complexity index is 967. The second kappa shape index (κ2) is 7.76. The zero-order chi connectivity index (χ0) is 20.4. The van der Waals surface area contributed by atoms with E-state index in [1.54, 1.807) is 0 Å². The van der Waals surface area contributed by atoms with E-state index < -0.39 is 48.0 Å². The molecule has 4 atom stereocenters. The third-order valence-corrected chi connectivity index (χ3v) is 3.99. The summed E-state index contributed by atoms with van der Waals surface area (Å²) in [5, 5.41) is 0. The lowest BCUT2D eigenvalue weighted by atomic mass is 10.1. The Labute approximate surface area is 157 Å². The Morgan fingerprint density at radius 1 is 1.11 bits per heavy atom. The molecule has 150 valence electrons. The van der Waals surface area contributed by atoms with Crippen LogP contribution in [0.3, 0.4) is 0 Å². The summed E-state index contributed by atoms with van der Waals surface area (Å²) in [6.07, 6.45) is -1.68. The van der Waals surface area contributed by atoms with E-state index in [0.29, 0.717) is 0 Å². The van der Waals surface area contributed by atoms with Crippen LogP contribution in [0.25, 0.3) is 11.2 Å². The van der Waals surface area contributed by atoms with Gasteiger partial charge in [-0.2, -0.15) is 0 Å². The smallest absolute Gasteiger partial charge is 0.303 e. The summed E-state index contributed by atoms with van der Waals surface area (Å²) >= 11 is 0. The van der Waals surface area contributed by atoms with Crippen molar-refractivity contribution in [3.63, 3.8) is 0 Å². The van der Waals surface area contributed by atoms with Crippen LogP contribution < -0.4 is 5.56 Å². The van der Waals surface area contributed by atoms with Gasteiger partial charge in [0.2, 0.25) is 0 Å². The van der Waals surface area contributed by atoms with Crippen molar-refractivity contribution in [3.05, 3.63) is 23.0 Å². The minimum atomic E-state index is -1.11. The molecular weight excluding hydrogens is 376 g/mol. The number of H-pyrrole nitrogens is 1. The predicted octanol–water partition coefficient (Wildman–Crippen LogP) is -0.556. The molecule has 0 aliphatic carbocycles. The van der Waals surface area contributed by atoms with Gasteiger partial charge < -0.3 is 23.9 Å². The van der Waals surface area contributed by atoms with Gasteiger partial charge in [0.1, 0.15) is 19.0 Å². The summed E-state index contributed by atoms with van der Waals surface area (Å²) < 4.78 is 22.8. The zero-order valence-electron chi connectivity index (χ0n) is 15.3. The first kappa shape index (κ1) is 19.5. The van der Waals surface area contributed by atoms with E-state index in [-0.39, 0.29) is 17.8 Å². The van der Waals surface area contributed by atoms with Crippen LogP contribution in [-0.4, -0.2) is 62.3 Å². The fourth-order valence-electron chi connectivity index (χ4n) is 2.99. The summed E-state index contributed by atoms with van der Waals surface area (Å²) in [5.74, 6) is -1.86. The molecule has 0 amide bonds. The van der Waals surface area contributed by atoms with Gasteiger partial charge in [-0.3, -0.25) is 23.7 Å². The van der Waals surface area contributed by atoms with Crippen molar-refractivity contribution in [2.24, 2.45) is 0 Å². The lowest BCUT2D eigenvalue weighted by Gasteiger charge is -2.23. The van der Waals surface area contributed by atoms with Gasteiger partial charge in [0.05, 0.1) is 6.33 Å². The molecule has 0 saturated carbocycles. The minimum absolute atomic E-state index is 0.0827. The van der Waals surface area contributed by atoms with Crippen molar-refractivity contribution in [1.29, 1.82) is 0 Å². The third-order valence-electron chi connectivity index (χ3n) is 3.99. The number of esters is 3. The Kier molecular flexibility index (Phi) is 5.40. The van der Waals surface area contributed by atoms with E-state index in [2.05, 4.69) is 15.0 Å². The molecular formula is C16H18N4O8. The van der Waals surface area contributed by atoms with E-state index in [1.165, 1.54) is 38.0 Å². The topological polar surface area (TPSA) is 152 Å². The highest BCUT2D eigenvalue weighted by Crippen LogP contribution is 2.35. The van der Waals surface area contributed by atoms with Crippen molar-refractivity contribution in [2.45, 2.75) is 45.3 Å². The van der Waals surface area contributed by atoms with E-state index in [4.69, 9.17) is 18.9 Å². The second-order valence-corrected chi connectivity index (χ2v) is 6.07. The first-order chi connectivity index (χ1) is 13.3. The molecule has 2 aromatic heterocycles. The summed E-state index contributed by atoms with van der Waals surface area (Å²) in [6.45, 7) is 3.33. The summed E-state index contributed by atoms with van der Waals surface area (Å²) in [6, 6.07) is 0. The quantitative estimate of drug-likeness (QED) is 0.516.